The maximum atomic E-state index is 13.9. The van der Waals surface area contributed by atoms with E-state index in [1.54, 1.807) is 4.90 Å². The fraction of sp³-hybridized carbons (Fsp3) is 0.296. The van der Waals surface area contributed by atoms with Crippen molar-refractivity contribution in [2.45, 2.75) is 25.9 Å². The Bertz CT molecular complexity index is 1250. The normalized spacial score (nSPS) is 21.7. The number of aromatic nitrogens is 1. The van der Waals surface area contributed by atoms with Crippen molar-refractivity contribution in [1.29, 1.82) is 0 Å². The number of nitrogens with zero attached hydrogens (tertiary/aromatic N) is 2. The van der Waals surface area contributed by atoms with E-state index >= 15 is 0 Å². The molecule has 168 valence electrons. The van der Waals surface area contributed by atoms with Gasteiger partial charge in [0.15, 0.2) is 6.10 Å². The van der Waals surface area contributed by atoms with E-state index in [9.17, 15) is 9.59 Å². The minimum absolute atomic E-state index is 0.0902. The third-order valence-corrected chi connectivity index (χ3v) is 6.44. The summed E-state index contributed by atoms with van der Waals surface area (Å²) in [6.07, 6.45) is 3.09. The van der Waals surface area contributed by atoms with Crippen molar-refractivity contribution in [2.75, 3.05) is 19.7 Å². The Labute approximate surface area is 193 Å². The van der Waals surface area contributed by atoms with Gasteiger partial charge >= 0.3 is 0 Å². The molecule has 2 atom stereocenters. The monoisotopic (exact) mass is 441 g/mol. The Morgan fingerprint density at radius 1 is 1.09 bits per heavy atom. The van der Waals surface area contributed by atoms with Crippen LogP contribution in [-0.4, -0.2) is 47.5 Å². The van der Waals surface area contributed by atoms with E-state index in [2.05, 4.69) is 25.1 Å². The fourth-order valence-corrected chi connectivity index (χ4v) is 4.89. The van der Waals surface area contributed by atoms with Gasteiger partial charge in [-0.15, -0.1) is 0 Å². The lowest BCUT2D eigenvalue weighted by Crippen LogP contribution is -2.50. The summed E-state index contributed by atoms with van der Waals surface area (Å²) in [5.74, 6) is -0.256. The first kappa shape index (κ1) is 21.3. The molecule has 0 saturated carbocycles. The highest BCUT2D eigenvalue weighted by Gasteiger charge is 2.33. The van der Waals surface area contributed by atoms with E-state index in [4.69, 9.17) is 15.5 Å². The first-order valence-corrected chi connectivity index (χ1v) is 11.4. The second kappa shape index (κ2) is 8.79. The average molecular weight is 442 g/mol. The topological polar surface area (TPSA) is 85.5 Å². The van der Waals surface area contributed by atoms with Gasteiger partial charge in [0.05, 0.1) is 29.9 Å². The summed E-state index contributed by atoms with van der Waals surface area (Å²) in [5, 5.41) is 0.844. The number of hydrogen-bond acceptors (Lipinski definition) is 4. The molecule has 2 heterocycles. The highest BCUT2D eigenvalue weighted by Crippen LogP contribution is 2.39. The molecule has 2 N–H and O–H groups in total. The summed E-state index contributed by atoms with van der Waals surface area (Å²) in [4.78, 5) is 32.3. The molecular formula is C27H27N3O3. The first-order chi connectivity index (χ1) is 16.0. The van der Waals surface area contributed by atoms with Gasteiger partial charge in [0.1, 0.15) is 0 Å². The smallest absolute Gasteiger partial charge is 0.255 e. The van der Waals surface area contributed by atoms with Crippen molar-refractivity contribution in [3.05, 3.63) is 77.0 Å². The van der Waals surface area contributed by atoms with Gasteiger partial charge in [-0.1, -0.05) is 55.5 Å². The van der Waals surface area contributed by atoms with Gasteiger partial charge in [-0.2, -0.15) is 0 Å². The van der Waals surface area contributed by atoms with Gasteiger partial charge in [0, 0.05) is 11.9 Å². The molecule has 1 fully saturated rings. The molecule has 0 spiro atoms. The average Bonchev–Trinajstić information content (AvgIpc) is 2.83. The number of nitrogens with two attached hydrogens (primary N) is 1. The Hall–Kier alpha value is -3.51. The van der Waals surface area contributed by atoms with Crippen molar-refractivity contribution < 1.29 is 14.3 Å². The van der Waals surface area contributed by atoms with Gasteiger partial charge in [0.2, 0.25) is 5.91 Å². The molecule has 2 aromatic carbocycles. The number of primary amides is 1. The number of fused-ring (bicyclic) bond motifs is 2. The number of carbonyl (C=O) groups is 2. The molecule has 1 aliphatic heterocycles. The summed E-state index contributed by atoms with van der Waals surface area (Å²) in [7, 11) is 0. The highest BCUT2D eigenvalue weighted by atomic mass is 16.5. The van der Waals surface area contributed by atoms with E-state index in [1.165, 1.54) is 0 Å². The summed E-state index contributed by atoms with van der Waals surface area (Å²) in [6, 6.07) is 18.0. The van der Waals surface area contributed by atoms with E-state index in [0.29, 0.717) is 24.6 Å². The van der Waals surface area contributed by atoms with Crippen LogP contribution in [0.15, 0.2) is 54.6 Å². The maximum Gasteiger partial charge on any atom is 0.255 e. The molecule has 2 aliphatic rings. The van der Waals surface area contributed by atoms with E-state index in [1.807, 2.05) is 42.5 Å². The van der Waals surface area contributed by atoms with Gasteiger partial charge in [-0.25, -0.2) is 4.98 Å². The lowest BCUT2D eigenvalue weighted by Gasteiger charge is -2.33. The molecular weight excluding hydrogens is 414 g/mol. The number of carbonyl (C=O) groups excluding carboxylic acids is 2. The molecule has 1 saturated heterocycles. The minimum atomic E-state index is -0.779. The minimum Gasteiger partial charge on any atom is -0.367 e. The molecule has 33 heavy (non-hydrogen) atoms. The number of benzene rings is 2. The third-order valence-electron chi connectivity index (χ3n) is 6.44. The number of amides is 2. The predicted octanol–water partition coefficient (Wildman–Crippen LogP) is 3.68. The number of allylic oxidation sites excluding steroid dienone is 1. The Balaban J connectivity index is 1.66. The van der Waals surface area contributed by atoms with Gasteiger partial charge in [-0.05, 0) is 47.6 Å². The zero-order valence-corrected chi connectivity index (χ0v) is 18.7. The van der Waals surface area contributed by atoms with Gasteiger partial charge in [0.25, 0.3) is 5.91 Å². The van der Waals surface area contributed by atoms with Crippen LogP contribution in [0.1, 0.15) is 40.5 Å². The summed E-state index contributed by atoms with van der Waals surface area (Å²) in [6.45, 7) is 3.10. The fourth-order valence-electron chi connectivity index (χ4n) is 4.89. The van der Waals surface area contributed by atoms with Gasteiger partial charge < -0.3 is 15.4 Å². The van der Waals surface area contributed by atoms with Crippen molar-refractivity contribution in [3.8, 4) is 0 Å². The number of morpholine rings is 1. The predicted molar refractivity (Wildman–Crippen MR) is 128 cm³/mol. The van der Waals surface area contributed by atoms with E-state index in [0.717, 1.165) is 46.1 Å². The summed E-state index contributed by atoms with van der Waals surface area (Å²) in [5.41, 5.74) is 11.1. The van der Waals surface area contributed by atoms with Crippen molar-refractivity contribution >= 4 is 34.4 Å². The standard InChI is InChI=1S/C27H27N3O3/c1-17-13-19(15-18-7-3-2-4-8-18)25-21(14-17)24(20-9-5-6-10-22(20)29-25)27(32)30-11-12-33-23(16-30)26(28)31/h2-10,15,17,23H,11-14,16H2,1H3,(H2,28,31). The van der Waals surface area contributed by atoms with Crippen LogP contribution in [0.4, 0.5) is 0 Å². The number of rotatable bonds is 3. The molecule has 5 rings (SSSR count). The zero-order valence-electron chi connectivity index (χ0n) is 18.7. The Kier molecular flexibility index (Phi) is 5.68. The molecule has 1 aromatic heterocycles. The number of ether oxygens (including phenoxy) is 1. The number of pyridine rings is 1. The summed E-state index contributed by atoms with van der Waals surface area (Å²) < 4.78 is 5.47. The second-order valence-electron chi connectivity index (χ2n) is 8.94. The van der Waals surface area contributed by atoms with Crippen LogP contribution in [0.3, 0.4) is 0 Å². The maximum absolute atomic E-state index is 13.9. The van der Waals surface area contributed by atoms with Crippen LogP contribution < -0.4 is 5.73 Å². The molecule has 0 bridgehead atoms. The van der Waals surface area contributed by atoms with Crippen molar-refractivity contribution in [3.63, 3.8) is 0 Å². The van der Waals surface area contributed by atoms with Crippen LogP contribution in [0, 0.1) is 5.92 Å². The largest absolute Gasteiger partial charge is 0.367 e. The Morgan fingerprint density at radius 2 is 1.85 bits per heavy atom. The van der Waals surface area contributed by atoms with Crippen LogP contribution >= 0.6 is 0 Å². The van der Waals surface area contributed by atoms with Crippen LogP contribution in [0.25, 0.3) is 22.6 Å². The molecule has 2 unspecified atom stereocenters. The van der Waals surface area contributed by atoms with Crippen LogP contribution in [0.2, 0.25) is 0 Å². The quantitative estimate of drug-likeness (QED) is 0.672. The van der Waals surface area contributed by atoms with Crippen LogP contribution in [-0.2, 0) is 16.0 Å². The molecule has 6 heteroatoms. The SMILES string of the molecule is CC1CC(=Cc2ccccc2)c2nc3ccccc3c(C(=O)N3CCOC(C(N)=O)C3)c2C1. The number of hydrogen-bond donors (Lipinski definition) is 1. The first-order valence-electron chi connectivity index (χ1n) is 11.4. The summed E-state index contributed by atoms with van der Waals surface area (Å²) >= 11 is 0. The molecule has 0 radical (unpaired) electrons. The van der Waals surface area contributed by atoms with Crippen LogP contribution in [0.5, 0.6) is 0 Å². The molecule has 2 amide bonds. The van der Waals surface area contributed by atoms with E-state index in [-0.39, 0.29) is 12.5 Å². The highest BCUT2D eigenvalue weighted by molar-refractivity contribution is 6.09. The lowest BCUT2D eigenvalue weighted by molar-refractivity contribution is -0.133. The number of para-hydroxylation sites is 1. The zero-order chi connectivity index (χ0) is 22.9. The second-order valence-corrected chi connectivity index (χ2v) is 8.94. The van der Waals surface area contributed by atoms with E-state index < -0.39 is 12.0 Å². The van der Waals surface area contributed by atoms with Gasteiger partial charge in [-0.3, -0.25) is 9.59 Å². The molecule has 1 aliphatic carbocycles. The molecule has 6 nitrogen and oxygen atoms in total. The lowest BCUT2D eigenvalue weighted by atomic mass is 9.80. The Morgan fingerprint density at radius 3 is 2.64 bits per heavy atom. The molecule has 3 aromatic rings. The van der Waals surface area contributed by atoms with Crippen molar-refractivity contribution in [2.24, 2.45) is 11.7 Å². The van der Waals surface area contributed by atoms with Crippen molar-refractivity contribution in [1.82, 2.24) is 9.88 Å². The third kappa shape index (κ3) is 4.14.